The largest absolute Gasteiger partial charge is 0.384 e. The third-order valence-electron chi connectivity index (χ3n) is 2.39. The predicted octanol–water partition coefficient (Wildman–Crippen LogP) is 0.208. The molecule has 0 unspecified atom stereocenters. The molecular weight excluding hydrogens is 254 g/mol. The lowest BCUT2D eigenvalue weighted by Crippen LogP contribution is -2.27. The van der Waals surface area contributed by atoms with Crippen LogP contribution in [0.25, 0.3) is 0 Å². The van der Waals surface area contributed by atoms with Gasteiger partial charge in [-0.25, -0.2) is 18.4 Å². The number of nitrogen functional groups attached to an aromatic ring is 1. The third kappa shape index (κ3) is 2.49. The van der Waals surface area contributed by atoms with Gasteiger partial charge in [0.1, 0.15) is 11.6 Å². The van der Waals surface area contributed by atoms with Crippen LogP contribution in [-0.4, -0.2) is 34.7 Å². The average Bonchev–Trinajstić information content (AvgIpc) is 2.81. The number of aromatic nitrogens is 3. The van der Waals surface area contributed by atoms with Crippen molar-refractivity contribution in [2.24, 2.45) is 0 Å². The minimum atomic E-state index is -3.58. The normalized spacial score (nSPS) is 11.9. The van der Waals surface area contributed by atoms with E-state index in [9.17, 15) is 8.42 Å². The van der Waals surface area contributed by atoms with Crippen molar-refractivity contribution >= 4 is 15.8 Å². The van der Waals surface area contributed by atoms with Crippen LogP contribution in [-0.2, 0) is 16.6 Å². The van der Waals surface area contributed by atoms with Crippen LogP contribution in [0.2, 0.25) is 0 Å². The Kier molecular flexibility index (Phi) is 3.30. The first-order valence-electron chi connectivity index (χ1n) is 5.16. The van der Waals surface area contributed by atoms with E-state index in [1.165, 1.54) is 29.7 Å². The van der Waals surface area contributed by atoms with Gasteiger partial charge >= 0.3 is 0 Å². The molecule has 0 fully saturated rings. The van der Waals surface area contributed by atoms with Gasteiger partial charge in [-0.3, -0.25) is 0 Å². The molecule has 0 spiro atoms. The van der Waals surface area contributed by atoms with Gasteiger partial charge in [0, 0.05) is 31.7 Å². The van der Waals surface area contributed by atoms with Crippen molar-refractivity contribution in [2.45, 2.75) is 11.4 Å². The molecule has 2 aromatic heterocycles. The van der Waals surface area contributed by atoms with Crippen molar-refractivity contribution in [3.8, 4) is 0 Å². The lowest BCUT2D eigenvalue weighted by Gasteiger charge is -2.15. The maximum Gasteiger partial charge on any atom is 0.243 e. The van der Waals surface area contributed by atoms with E-state index in [1.807, 2.05) is 0 Å². The number of anilines is 1. The van der Waals surface area contributed by atoms with E-state index in [4.69, 9.17) is 5.73 Å². The highest BCUT2D eigenvalue weighted by molar-refractivity contribution is 7.89. The summed E-state index contributed by atoms with van der Waals surface area (Å²) in [7, 11) is -2.10. The standard InChI is InChI=1S/C10H13N5O2S/c1-15(7-10-13-4-5-14-10)18(16,17)8-2-3-12-9(11)6-8/h2-6H,7H2,1H3,(H2,11,12)(H,13,14). The summed E-state index contributed by atoms with van der Waals surface area (Å²) in [6.45, 7) is 0.164. The molecule has 3 N–H and O–H groups in total. The Labute approximate surface area is 105 Å². The molecule has 0 saturated heterocycles. The zero-order valence-corrected chi connectivity index (χ0v) is 10.6. The van der Waals surface area contributed by atoms with Gasteiger partial charge < -0.3 is 10.7 Å². The van der Waals surface area contributed by atoms with Crippen molar-refractivity contribution in [1.29, 1.82) is 0 Å². The summed E-state index contributed by atoms with van der Waals surface area (Å²) in [4.78, 5) is 10.7. The molecule has 2 aromatic rings. The number of sulfonamides is 1. The molecule has 96 valence electrons. The topological polar surface area (TPSA) is 105 Å². The Morgan fingerprint density at radius 3 is 2.78 bits per heavy atom. The number of nitrogens with one attached hydrogen (secondary N) is 1. The number of nitrogens with zero attached hydrogens (tertiary/aromatic N) is 3. The number of pyridine rings is 1. The molecule has 2 heterocycles. The number of imidazole rings is 1. The molecule has 0 aliphatic carbocycles. The van der Waals surface area contributed by atoms with E-state index < -0.39 is 10.0 Å². The van der Waals surface area contributed by atoms with E-state index >= 15 is 0 Å². The first-order chi connectivity index (χ1) is 8.50. The second-order valence-electron chi connectivity index (χ2n) is 3.71. The van der Waals surface area contributed by atoms with Crippen LogP contribution < -0.4 is 5.73 Å². The fraction of sp³-hybridized carbons (Fsp3) is 0.200. The fourth-order valence-electron chi connectivity index (χ4n) is 1.45. The van der Waals surface area contributed by atoms with Crippen LogP contribution in [0.5, 0.6) is 0 Å². The van der Waals surface area contributed by atoms with Crippen LogP contribution in [0.3, 0.4) is 0 Å². The van der Waals surface area contributed by atoms with Crippen LogP contribution >= 0.6 is 0 Å². The van der Waals surface area contributed by atoms with E-state index in [1.54, 1.807) is 12.4 Å². The van der Waals surface area contributed by atoms with Gasteiger partial charge in [-0.1, -0.05) is 0 Å². The molecule has 2 rings (SSSR count). The molecule has 0 radical (unpaired) electrons. The lowest BCUT2D eigenvalue weighted by atomic mass is 10.5. The summed E-state index contributed by atoms with van der Waals surface area (Å²) in [6.07, 6.45) is 4.57. The second kappa shape index (κ2) is 4.75. The summed E-state index contributed by atoms with van der Waals surface area (Å²) in [5, 5.41) is 0. The molecule has 0 amide bonds. The number of H-pyrrole nitrogens is 1. The first-order valence-corrected chi connectivity index (χ1v) is 6.60. The van der Waals surface area contributed by atoms with Gasteiger partial charge in [0.05, 0.1) is 11.4 Å². The summed E-state index contributed by atoms with van der Waals surface area (Å²) in [5.41, 5.74) is 5.48. The molecule has 0 aromatic carbocycles. The van der Waals surface area contributed by atoms with Gasteiger partial charge in [-0.05, 0) is 6.07 Å². The Bertz CT molecular complexity index is 623. The van der Waals surface area contributed by atoms with E-state index in [-0.39, 0.29) is 17.3 Å². The van der Waals surface area contributed by atoms with Crippen molar-refractivity contribution in [3.63, 3.8) is 0 Å². The molecule has 0 bridgehead atoms. The van der Waals surface area contributed by atoms with Crippen molar-refractivity contribution in [2.75, 3.05) is 12.8 Å². The van der Waals surface area contributed by atoms with E-state index in [0.717, 1.165) is 0 Å². The molecule has 18 heavy (non-hydrogen) atoms. The molecule has 8 heteroatoms. The summed E-state index contributed by atoms with van der Waals surface area (Å²) >= 11 is 0. The minimum Gasteiger partial charge on any atom is -0.384 e. The van der Waals surface area contributed by atoms with E-state index in [0.29, 0.717) is 5.82 Å². The molecular formula is C10H13N5O2S. The smallest absolute Gasteiger partial charge is 0.243 e. The molecule has 0 saturated carbocycles. The monoisotopic (exact) mass is 267 g/mol. The third-order valence-corrected chi connectivity index (χ3v) is 4.19. The van der Waals surface area contributed by atoms with Crippen molar-refractivity contribution in [3.05, 3.63) is 36.5 Å². The molecule has 0 aliphatic heterocycles. The minimum absolute atomic E-state index is 0.115. The zero-order chi connectivity index (χ0) is 13.2. The quantitative estimate of drug-likeness (QED) is 0.823. The Morgan fingerprint density at radius 1 is 1.39 bits per heavy atom. The molecule has 7 nitrogen and oxygen atoms in total. The predicted molar refractivity (Wildman–Crippen MR) is 65.9 cm³/mol. The van der Waals surface area contributed by atoms with Gasteiger partial charge in [0.2, 0.25) is 10.0 Å². The van der Waals surface area contributed by atoms with Gasteiger partial charge in [-0.2, -0.15) is 4.31 Å². The molecule has 0 aliphatic rings. The number of rotatable bonds is 4. The van der Waals surface area contributed by atoms with Crippen molar-refractivity contribution in [1.82, 2.24) is 19.3 Å². The lowest BCUT2D eigenvalue weighted by molar-refractivity contribution is 0.458. The highest BCUT2D eigenvalue weighted by Crippen LogP contribution is 2.16. The Morgan fingerprint density at radius 2 is 2.17 bits per heavy atom. The summed E-state index contributed by atoms with van der Waals surface area (Å²) < 4.78 is 25.6. The summed E-state index contributed by atoms with van der Waals surface area (Å²) in [6, 6.07) is 2.73. The zero-order valence-electron chi connectivity index (χ0n) is 9.74. The summed E-state index contributed by atoms with van der Waals surface area (Å²) in [5.74, 6) is 0.741. The number of hydrogen-bond acceptors (Lipinski definition) is 5. The maximum absolute atomic E-state index is 12.2. The highest BCUT2D eigenvalue weighted by Gasteiger charge is 2.21. The van der Waals surface area contributed by atoms with Crippen LogP contribution in [0.1, 0.15) is 5.82 Å². The highest BCUT2D eigenvalue weighted by atomic mass is 32.2. The molecule has 0 atom stereocenters. The Hall–Kier alpha value is -1.93. The fourth-order valence-corrected chi connectivity index (χ4v) is 2.60. The van der Waals surface area contributed by atoms with Crippen molar-refractivity contribution < 1.29 is 8.42 Å². The van der Waals surface area contributed by atoms with Crippen LogP contribution in [0.4, 0.5) is 5.82 Å². The SMILES string of the molecule is CN(Cc1ncc[nH]1)S(=O)(=O)c1ccnc(N)c1. The number of hydrogen-bond donors (Lipinski definition) is 2. The van der Waals surface area contributed by atoms with Crippen LogP contribution in [0.15, 0.2) is 35.6 Å². The maximum atomic E-state index is 12.2. The number of nitrogens with two attached hydrogens (primary N) is 1. The van der Waals surface area contributed by atoms with Crippen LogP contribution in [0, 0.1) is 0 Å². The van der Waals surface area contributed by atoms with E-state index in [2.05, 4.69) is 15.0 Å². The number of aromatic amines is 1. The average molecular weight is 267 g/mol. The second-order valence-corrected chi connectivity index (χ2v) is 5.76. The first kappa shape index (κ1) is 12.5. The van der Waals surface area contributed by atoms with Gasteiger partial charge in [0.15, 0.2) is 0 Å². The van der Waals surface area contributed by atoms with Gasteiger partial charge in [0.25, 0.3) is 0 Å². The Balaban J connectivity index is 2.25. The van der Waals surface area contributed by atoms with Gasteiger partial charge in [-0.15, -0.1) is 0 Å².